The third-order valence-corrected chi connectivity index (χ3v) is 6.26. The van der Waals surface area contributed by atoms with Crippen LogP contribution in [0.15, 0.2) is 18.2 Å². The molecule has 3 aliphatic carbocycles. The van der Waals surface area contributed by atoms with Crippen molar-refractivity contribution in [3.05, 3.63) is 29.6 Å². The molecular weight excluding hydrogens is 258 g/mol. The van der Waals surface area contributed by atoms with Crippen LogP contribution >= 0.6 is 0 Å². The Hall–Kier alpha value is -1.82. The Kier molecular flexibility index (Phi) is 2.18. The number of aryl methyl sites for hydroxylation is 1. The quantitative estimate of drug-likeness (QED) is 0.840. The van der Waals surface area contributed by atoms with Gasteiger partial charge in [0, 0.05) is 12.5 Å². The second kappa shape index (κ2) is 3.88. The van der Waals surface area contributed by atoms with Gasteiger partial charge in [-0.05, 0) is 68.1 Å². The largest absolute Gasteiger partial charge is 0.328 e. The summed E-state index contributed by atoms with van der Waals surface area (Å²) in [6, 6.07) is 8.15. The van der Waals surface area contributed by atoms with Crippen molar-refractivity contribution in [1.29, 1.82) is 5.26 Å². The molecule has 5 rings (SSSR count). The SMILES string of the molecule is CCn1c(C2C3C4CCC(C4)C23)nc2cc(C#N)ccc21. The lowest BCUT2D eigenvalue weighted by Crippen LogP contribution is -2.05. The smallest absolute Gasteiger partial charge is 0.113 e. The third-order valence-electron chi connectivity index (χ3n) is 6.26. The molecule has 4 atom stereocenters. The first-order valence-electron chi connectivity index (χ1n) is 8.22. The van der Waals surface area contributed by atoms with E-state index in [0.29, 0.717) is 11.5 Å². The van der Waals surface area contributed by atoms with Crippen LogP contribution in [0.3, 0.4) is 0 Å². The van der Waals surface area contributed by atoms with Crippen molar-refractivity contribution in [2.75, 3.05) is 0 Å². The Morgan fingerprint density at radius 3 is 2.71 bits per heavy atom. The van der Waals surface area contributed by atoms with Crippen molar-refractivity contribution in [2.24, 2.45) is 23.7 Å². The molecule has 3 nitrogen and oxygen atoms in total. The summed E-state index contributed by atoms with van der Waals surface area (Å²) in [6.07, 6.45) is 4.39. The molecule has 0 spiro atoms. The van der Waals surface area contributed by atoms with Gasteiger partial charge in [-0.1, -0.05) is 0 Å². The number of rotatable bonds is 2. The van der Waals surface area contributed by atoms with Gasteiger partial charge in [0.25, 0.3) is 0 Å². The van der Waals surface area contributed by atoms with Crippen molar-refractivity contribution < 1.29 is 0 Å². The van der Waals surface area contributed by atoms with Gasteiger partial charge in [-0.15, -0.1) is 0 Å². The minimum Gasteiger partial charge on any atom is -0.328 e. The lowest BCUT2D eigenvalue weighted by Gasteiger charge is -2.10. The summed E-state index contributed by atoms with van der Waals surface area (Å²) in [6.45, 7) is 3.18. The minimum atomic E-state index is 0.703. The van der Waals surface area contributed by atoms with Crippen LogP contribution < -0.4 is 0 Å². The van der Waals surface area contributed by atoms with E-state index in [1.165, 1.54) is 30.6 Å². The highest BCUT2D eigenvalue weighted by Crippen LogP contribution is 2.72. The summed E-state index contributed by atoms with van der Waals surface area (Å²) in [4.78, 5) is 4.95. The highest BCUT2D eigenvalue weighted by atomic mass is 15.1. The van der Waals surface area contributed by atoms with Gasteiger partial charge in [0.05, 0.1) is 22.7 Å². The van der Waals surface area contributed by atoms with E-state index in [1.54, 1.807) is 0 Å². The van der Waals surface area contributed by atoms with Crippen LogP contribution in [-0.4, -0.2) is 9.55 Å². The number of benzene rings is 1. The van der Waals surface area contributed by atoms with Crippen molar-refractivity contribution in [2.45, 2.75) is 38.6 Å². The summed E-state index contributed by atoms with van der Waals surface area (Å²) in [5.41, 5.74) is 2.91. The Morgan fingerprint density at radius 2 is 2.05 bits per heavy atom. The third kappa shape index (κ3) is 1.41. The molecule has 2 aromatic rings. The topological polar surface area (TPSA) is 41.6 Å². The highest BCUT2D eigenvalue weighted by molar-refractivity contribution is 5.78. The van der Waals surface area contributed by atoms with E-state index in [9.17, 15) is 0 Å². The number of nitrogens with zero attached hydrogens (tertiary/aromatic N) is 3. The zero-order valence-corrected chi connectivity index (χ0v) is 12.3. The maximum atomic E-state index is 9.08. The van der Waals surface area contributed by atoms with E-state index >= 15 is 0 Å². The zero-order chi connectivity index (χ0) is 14.1. The fourth-order valence-electron chi connectivity index (χ4n) is 5.48. The Bertz CT molecular complexity index is 766. The van der Waals surface area contributed by atoms with Crippen LogP contribution in [-0.2, 0) is 6.54 Å². The monoisotopic (exact) mass is 277 g/mol. The summed E-state index contributed by atoms with van der Waals surface area (Å²) in [7, 11) is 0. The number of hydrogen-bond acceptors (Lipinski definition) is 2. The number of aromatic nitrogens is 2. The second-order valence-corrected chi connectivity index (χ2v) is 7.04. The molecule has 3 heteroatoms. The zero-order valence-electron chi connectivity index (χ0n) is 12.3. The standard InChI is InChI=1S/C18H19N3/c1-2-21-14-6-3-10(9-19)7-13(14)20-18(21)17-15-11-4-5-12(8-11)16(15)17/h3,6-7,11-12,15-17H,2,4-5,8H2,1H3. The van der Waals surface area contributed by atoms with Gasteiger partial charge in [-0.3, -0.25) is 0 Å². The van der Waals surface area contributed by atoms with E-state index in [2.05, 4.69) is 23.6 Å². The minimum absolute atomic E-state index is 0.703. The summed E-state index contributed by atoms with van der Waals surface area (Å²) < 4.78 is 2.39. The average molecular weight is 277 g/mol. The van der Waals surface area contributed by atoms with Crippen molar-refractivity contribution in [3.8, 4) is 6.07 Å². The van der Waals surface area contributed by atoms with E-state index in [1.807, 2.05) is 12.1 Å². The van der Waals surface area contributed by atoms with Crippen LogP contribution in [0.25, 0.3) is 11.0 Å². The molecule has 1 aromatic heterocycles. The van der Waals surface area contributed by atoms with E-state index < -0.39 is 0 Å². The van der Waals surface area contributed by atoms with Gasteiger partial charge in [0.2, 0.25) is 0 Å². The van der Waals surface area contributed by atoms with Gasteiger partial charge in [-0.2, -0.15) is 5.26 Å². The first kappa shape index (κ1) is 11.8. The molecule has 1 heterocycles. The van der Waals surface area contributed by atoms with Crippen molar-refractivity contribution >= 4 is 11.0 Å². The maximum Gasteiger partial charge on any atom is 0.113 e. The molecule has 0 amide bonds. The Morgan fingerprint density at radius 1 is 1.29 bits per heavy atom. The number of fused-ring (bicyclic) bond motifs is 6. The van der Waals surface area contributed by atoms with Crippen molar-refractivity contribution in [1.82, 2.24) is 9.55 Å². The lowest BCUT2D eigenvalue weighted by atomic mass is 10.0. The predicted molar refractivity (Wildman–Crippen MR) is 80.7 cm³/mol. The molecule has 2 bridgehead atoms. The van der Waals surface area contributed by atoms with Gasteiger partial charge in [-0.25, -0.2) is 4.98 Å². The maximum absolute atomic E-state index is 9.08. The van der Waals surface area contributed by atoms with Crippen LogP contribution in [0.2, 0.25) is 0 Å². The first-order valence-corrected chi connectivity index (χ1v) is 8.22. The van der Waals surface area contributed by atoms with Gasteiger partial charge in [0.1, 0.15) is 5.82 Å². The van der Waals surface area contributed by atoms with Crippen LogP contribution in [0.5, 0.6) is 0 Å². The molecule has 0 saturated heterocycles. The first-order chi connectivity index (χ1) is 10.3. The predicted octanol–water partition coefficient (Wildman–Crippen LogP) is 3.69. The molecule has 0 radical (unpaired) electrons. The van der Waals surface area contributed by atoms with Gasteiger partial charge < -0.3 is 4.57 Å². The van der Waals surface area contributed by atoms with E-state index in [0.717, 1.165) is 35.7 Å². The molecule has 4 unspecified atom stereocenters. The summed E-state index contributed by atoms with van der Waals surface area (Å²) >= 11 is 0. The van der Waals surface area contributed by atoms with E-state index in [-0.39, 0.29) is 0 Å². The molecule has 21 heavy (non-hydrogen) atoms. The van der Waals surface area contributed by atoms with Gasteiger partial charge in [0.15, 0.2) is 0 Å². The molecule has 106 valence electrons. The van der Waals surface area contributed by atoms with Crippen LogP contribution in [0.4, 0.5) is 0 Å². The molecule has 1 aromatic carbocycles. The molecule has 3 fully saturated rings. The normalized spacial score (nSPS) is 35.9. The molecule has 0 aliphatic heterocycles. The molecule has 3 aliphatic rings. The number of nitriles is 1. The lowest BCUT2D eigenvalue weighted by molar-refractivity contribution is 0.456. The van der Waals surface area contributed by atoms with Crippen molar-refractivity contribution in [3.63, 3.8) is 0 Å². The summed E-state index contributed by atoms with van der Waals surface area (Å²) in [5.74, 6) is 5.79. The number of hydrogen-bond donors (Lipinski definition) is 0. The Balaban J connectivity index is 1.62. The summed E-state index contributed by atoms with van der Waals surface area (Å²) in [5, 5.41) is 9.08. The Labute approximate surface area is 124 Å². The number of imidazole rings is 1. The van der Waals surface area contributed by atoms with E-state index in [4.69, 9.17) is 10.2 Å². The average Bonchev–Trinajstić information content (AvgIpc) is 2.86. The van der Waals surface area contributed by atoms with Gasteiger partial charge >= 0.3 is 0 Å². The highest BCUT2D eigenvalue weighted by Gasteiger charge is 2.66. The molecular formula is C18H19N3. The second-order valence-electron chi connectivity index (χ2n) is 7.04. The van der Waals surface area contributed by atoms with Crippen LogP contribution in [0, 0.1) is 35.0 Å². The fraction of sp³-hybridized carbons (Fsp3) is 0.556. The van der Waals surface area contributed by atoms with Crippen LogP contribution in [0.1, 0.15) is 43.5 Å². The fourth-order valence-corrected chi connectivity index (χ4v) is 5.48. The molecule has 3 saturated carbocycles. The molecule has 0 N–H and O–H groups in total.